The zero-order valence-corrected chi connectivity index (χ0v) is 20.7. The Morgan fingerprint density at radius 1 is 1.14 bits per heavy atom. The number of carbonyl (C=O) groups is 1. The number of rotatable bonds is 7. The number of fused-ring (bicyclic) bond motifs is 1. The van der Waals surface area contributed by atoms with E-state index in [4.69, 9.17) is 10.5 Å². The highest BCUT2D eigenvalue weighted by Gasteiger charge is 2.18. The molecule has 2 aromatic carbocycles. The second kappa shape index (κ2) is 9.99. The fraction of sp³-hybridized carbons (Fsp3) is 0.222. The summed E-state index contributed by atoms with van der Waals surface area (Å²) >= 11 is 0. The van der Waals surface area contributed by atoms with Crippen LogP contribution in [0.1, 0.15) is 5.56 Å². The first-order valence-electron chi connectivity index (χ1n) is 11.3. The topological polar surface area (TPSA) is 89.5 Å². The lowest BCUT2D eigenvalue weighted by molar-refractivity contribution is -0.113. The van der Waals surface area contributed by atoms with Gasteiger partial charge in [-0.05, 0) is 56.4 Å². The second-order valence-electron chi connectivity index (χ2n) is 8.64. The number of likely N-dealkylation sites (N-methyl/N-ethyl adjacent to an activating group) is 2. The van der Waals surface area contributed by atoms with Crippen LogP contribution in [0.25, 0.3) is 27.8 Å². The summed E-state index contributed by atoms with van der Waals surface area (Å²) in [5, 5.41) is 0.764. The minimum Gasteiger partial charge on any atom is -0.496 e. The van der Waals surface area contributed by atoms with Gasteiger partial charge in [-0.1, -0.05) is 24.3 Å². The fourth-order valence-corrected chi connectivity index (χ4v) is 3.94. The average molecular weight is 471 g/mol. The highest BCUT2D eigenvalue weighted by molar-refractivity contribution is 6.02. The van der Waals surface area contributed by atoms with E-state index in [2.05, 4.69) is 9.97 Å². The van der Waals surface area contributed by atoms with E-state index in [0.717, 1.165) is 39.2 Å². The summed E-state index contributed by atoms with van der Waals surface area (Å²) in [5.41, 5.74) is 11.5. The summed E-state index contributed by atoms with van der Waals surface area (Å²) in [6.07, 6.45) is 6.90. The van der Waals surface area contributed by atoms with E-state index in [0.29, 0.717) is 18.0 Å². The number of nitrogens with two attached hydrogens (primary N) is 1. The Morgan fingerprint density at radius 3 is 2.69 bits per heavy atom. The molecule has 8 nitrogen and oxygen atoms in total. The van der Waals surface area contributed by atoms with Gasteiger partial charge in [0.15, 0.2) is 5.65 Å². The van der Waals surface area contributed by atoms with Gasteiger partial charge >= 0.3 is 0 Å². The zero-order chi connectivity index (χ0) is 25.1. The summed E-state index contributed by atoms with van der Waals surface area (Å²) in [6.45, 7) is 2.70. The van der Waals surface area contributed by atoms with Crippen LogP contribution in [0.4, 0.5) is 11.5 Å². The summed E-state index contributed by atoms with van der Waals surface area (Å²) < 4.78 is 7.50. The number of methoxy groups -OCH3 is 1. The standard InChI is InChI=1S/C27H30N6O2/c1-18-11-12-19(14-23(18)35-5)22-16-33(27-25(22)26(28)29-17-30-27)21-9-6-8-20(15-21)32(4)24(34)10-7-13-31(2)3/h6-12,14-17H,13H2,1-5H3,(H2,28,29,30)/b10-7+. The SMILES string of the molecule is COc1cc(-c2cn(-c3cccc(N(C)C(=O)/C=C/CN(C)C)c3)c3ncnc(N)c23)ccc1C. The molecule has 0 saturated heterocycles. The van der Waals surface area contributed by atoms with Crippen LogP contribution in [-0.2, 0) is 4.79 Å². The highest BCUT2D eigenvalue weighted by atomic mass is 16.5. The third-order valence-electron chi connectivity index (χ3n) is 5.89. The van der Waals surface area contributed by atoms with E-state index >= 15 is 0 Å². The second-order valence-corrected chi connectivity index (χ2v) is 8.64. The molecule has 4 aromatic rings. The predicted molar refractivity (Wildman–Crippen MR) is 141 cm³/mol. The molecule has 0 fully saturated rings. The van der Waals surface area contributed by atoms with Crippen LogP contribution in [0, 0.1) is 6.92 Å². The summed E-state index contributed by atoms with van der Waals surface area (Å²) in [6, 6.07) is 13.8. The van der Waals surface area contributed by atoms with Crippen molar-refractivity contribution >= 4 is 28.4 Å². The predicted octanol–water partition coefficient (Wildman–Crippen LogP) is 4.07. The van der Waals surface area contributed by atoms with Crippen LogP contribution in [0.15, 0.2) is 67.1 Å². The summed E-state index contributed by atoms with van der Waals surface area (Å²) in [5.74, 6) is 1.10. The molecule has 2 aromatic heterocycles. The lowest BCUT2D eigenvalue weighted by Gasteiger charge is -2.17. The van der Waals surface area contributed by atoms with Gasteiger partial charge in [0.05, 0.1) is 12.5 Å². The summed E-state index contributed by atoms with van der Waals surface area (Å²) in [7, 11) is 7.34. The molecule has 0 radical (unpaired) electrons. The van der Waals surface area contributed by atoms with Crippen LogP contribution in [0.5, 0.6) is 5.75 Å². The number of benzene rings is 2. The minimum absolute atomic E-state index is 0.0969. The number of anilines is 2. The number of nitrogens with zero attached hydrogens (tertiary/aromatic N) is 5. The van der Waals surface area contributed by atoms with Crippen LogP contribution in [0.2, 0.25) is 0 Å². The first-order chi connectivity index (χ1) is 16.8. The molecule has 0 unspecified atom stereocenters. The first-order valence-corrected chi connectivity index (χ1v) is 11.3. The van der Waals surface area contributed by atoms with Gasteiger partial charge in [-0.15, -0.1) is 0 Å². The molecular weight excluding hydrogens is 440 g/mol. The molecule has 2 heterocycles. The normalized spacial score (nSPS) is 11.5. The lowest BCUT2D eigenvalue weighted by atomic mass is 10.0. The molecule has 180 valence electrons. The van der Waals surface area contributed by atoms with Crippen molar-refractivity contribution in [3.05, 3.63) is 72.7 Å². The molecule has 4 rings (SSSR count). The highest BCUT2D eigenvalue weighted by Crippen LogP contribution is 2.36. The Labute approximate surface area is 205 Å². The van der Waals surface area contributed by atoms with Gasteiger partial charge in [-0.25, -0.2) is 9.97 Å². The third-order valence-corrected chi connectivity index (χ3v) is 5.89. The van der Waals surface area contributed by atoms with Crippen molar-refractivity contribution in [3.63, 3.8) is 0 Å². The van der Waals surface area contributed by atoms with E-state index in [1.165, 1.54) is 6.33 Å². The molecule has 0 atom stereocenters. The average Bonchev–Trinajstić information content (AvgIpc) is 3.24. The molecule has 0 spiro atoms. The van der Waals surface area contributed by atoms with Gasteiger partial charge in [0.1, 0.15) is 17.9 Å². The molecule has 2 N–H and O–H groups in total. The van der Waals surface area contributed by atoms with Gasteiger partial charge in [0.25, 0.3) is 0 Å². The van der Waals surface area contributed by atoms with Gasteiger partial charge < -0.3 is 24.8 Å². The molecule has 0 aliphatic rings. The number of carbonyl (C=O) groups excluding carboxylic acids is 1. The molecule has 0 aliphatic heterocycles. The smallest absolute Gasteiger partial charge is 0.250 e. The van der Waals surface area contributed by atoms with Crippen molar-refractivity contribution in [2.75, 3.05) is 45.4 Å². The molecule has 1 amide bonds. The van der Waals surface area contributed by atoms with Crippen LogP contribution < -0.4 is 15.4 Å². The van der Waals surface area contributed by atoms with Crippen molar-refractivity contribution in [2.45, 2.75) is 6.92 Å². The van der Waals surface area contributed by atoms with Gasteiger partial charge in [-0.3, -0.25) is 4.79 Å². The molecule has 0 aliphatic carbocycles. The van der Waals surface area contributed by atoms with E-state index in [-0.39, 0.29) is 5.91 Å². The van der Waals surface area contributed by atoms with Crippen molar-refractivity contribution in [3.8, 4) is 22.6 Å². The number of ether oxygens (including phenoxy) is 1. The minimum atomic E-state index is -0.0969. The fourth-order valence-electron chi connectivity index (χ4n) is 3.94. The van der Waals surface area contributed by atoms with Crippen molar-refractivity contribution in [2.24, 2.45) is 0 Å². The van der Waals surface area contributed by atoms with E-state index in [9.17, 15) is 4.79 Å². The number of aromatic nitrogens is 3. The Morgan fingerprint density at radius 2 is 1.94 bits per heavy atom. The van der Waals surface area contributed by atoms with E-state index < -0.39 is 0 Å². The Kier molecular flexibility index (Phi) is 6.84. The third kappa shape index (κ3) is 4.88. The number of hydrogen-bond donors (Lipinski definition) is 1. The monoisotopic (exact) mass is 470 g/mol. The Hall–Kier alpha value is -4.17. The largest absolute Gasteiger partial charge is 0.496 e. The van der Waals surface area contributed by atoms with E-state index in [1.54, 1.807) is 25.1 Å². The van der Waals surface area contributed by atoms with Gasteiger partial charge in [0.2, 0.25) is 5.91 Å². The van der Waals surface area contributed by atoms with Gasteiger partial charge in [-0.2, -0.15) is 0 Å². The summed E-state index contributed by atoms with van der Waals surface area (Å²) in [4.78, 5) is 25.1. The Bertz CT molecular complexity index is 1410. The molecule has 0 bridgehead atoms. The molecule has 8 heteroatoms. The quantitative estimate of drug-likeness (QED) is 0.410. The molecular formula is C27H30N6O2. The van der Waals surface area contributed by atoms with Gasteiger partial charge in [0, 0.05) is 42.8 Å². The number of nitrogen functional groups attached to an aromatic ring is 1. The molecule has 0 saturated carbocycles. The maximum Gasteiger partial charge on any atom is 0.250 e. The first kappa shape index (κ1) is 24.0. The maximum absolute atomic E-state index is 12.7. The molecule has 35 heavy (non-hydrogen) atoms. The number of amides is 1. The zero-order valence-electron chi connectivity index (χ0n) is 20.7. The van der Waals surface area contributed by atoms with Crippen molar-refractivity contribution < 1.29 is 9.53 Å². The number of hydrogen-bond acceptors (Lipinski definition) is 6. The number of aryl methyl sites for hydroxylation is 1. The van der Waals surface area contributed by atoms with Crippen LogP contribution >= 0.6 is 0 Å². The van der Waals surface area contributed by atoms with Crippen molar-refractivity contribution in [1.82, 2.24) is 19.4 Å². The van der Waals surface area contributed by atoms with E-state index in [1.807, 2.05) is 85.2 Å². The maximum atomic E-state index is 12.7. The van der Waals surface area contributed by atoms with Crippen LogP contribution in [0.3, 0.4) is 0 Å². The Balaban J connectivity index is 1.78. The van der Waals surface area contributed by atoms with Crippen molar-refractivity contribution in [1.29, 1.82) is 0 Å². The van der Waals surface area contributed by atoms with Crippen LogP contribution in [-0.4, -0.2) is 60.1 Å². The lowest BCUT2D eigenvalue weighted by Crippen LogP contribution is -2.24.